The molecule has 0 bridgehead atoms. The first-order valence-electron chi connectivity index (χ1n) is 9.99. The number of hydrogen-bond donors (Lipinski definition) is 1. The number of benzene rings is 1. The lowest BCUT2D eigenvalue weighted by Crippen LogP contribution is -2.50. The Balaban J connectivity index is 1.38. The highest BCUT2D eigenvalue weighted by Crippen LogP contribution is 2.33. The molecule has 3 rings (SSSR count). The van der Waals surface area contributed by atoms with Gasteiger partial charge in [-0.1, -0.05) is 0 Å². The third-order valence-corrected chi connectivity index (χ3v) is 5.45. The van der Waals surface area contributed by atoms with E-state index in [4.69, 9.17) is 9.47 Å². The fraction of sp³-hybridized carbons (Fsp3) is 0.667. The maximum atomic E-state index is 12.9. The molecular formula is C21H31FN2O3. The van der Waals surface area contributed by atoms with Crippen LogP contribution >= 0.6 is 0 Å². The van der Waals surface area contributed by atoms with Crippen molar-refractivity contribution in [3.8, 4) is 5.75 Å². The van der Waals surface area contributed by atoms with Gasteiger partial charge in [-0.15, -0.1) is 0 Å². The first kappa shape index (κ1) is 20.1. The average molecular weight is 378 g/mol. The van der Waals surface area contributed by atoms with Crippen LogP contribution in [0.5, 0.6) is 5.75 Å². The van der Waals surface area contributed by atoms with Crippen LogP contribution in [0.2, 0.25) is 0 Å². The van der Waals surface area contributed by atoms with Crippen molar-refractivity contribution < 1.29 is 18.7 Å². The molecule has 1 aromatic rings. The van der Waals surface area contributed by atoms with Gasteiger partial charge >= 0.3 is 0 Å². The van der Waals surface area contributed by atoms with E-state index in [1.54, 1.807) is 12.1 Å². The van der Waals surface area contributed by atoms with Crippen LogP contribution in [0.3, 0.4) is 0 Å². The Morgan fingerprint density at radius 3 is 2.78 bits per heavy atom. The largest absolute Gasteiger partial charge is 0.492 e. The van der Waals surface area contributed by atoms with Crippen molar-refractivity contribution >= 4 is 5.91 Å². The van der Waals surface area contributed by atoms with E-state index in [2.05, 4.69) is 24.1 Å². The molecule has 27 heavy (non-hydrogen) atoms. The summed E-state index contributed by atoms with van der Waals surface area (Å²) in [7, 11) is 0. The van der Waals surface area contributed by atoms with Gasteiger partial charge in [0.1, 0.15) is 18.2 Å². The van der Waals surface area contributed by atoms with Crippen LogP contribution in [0, 0.1) is 5.82 Å². The van der Waals surface area contributed by atoms with Crippen LogP contribution in [0.1, 0.15) is 46.0 Å². The summed E-state index contributed by atoms with van der Waals surface area (Å²) in [6, 6.07) is 6.68. The summed E-state index contributed by atoms with van der Waals surface area (Å²) in [6.07, 6.45) is 4.42. The summed E-state index contributed by atoms with van der Waals surface area (Å²) in [6.45, 7) is 7.06. The van der Waals surface area contributed by atoms with E-state index in [1.165, 1.54) is 12.1 Å². The Morgan fingerprint density at radius 1 is 1.26 bits per heavy atom. The van der Waals surface area contributed by atoms with Gasteiger partial charge in [-0.2, -0.15) is 0 Å². The summed E-state index contributed by atoms with van der Waals surface area (Å²) in [5, 5.41) is 3.39. The number of nitrogens with one attached hydrogen (secondary N) is 1. The fourth-order valence-electron chi connectivity index (χ4n) is 4.15. The Morgan fingerprint density at radius 2 is 2.04 bits per heavy atom. The summed E-state index contributed by atoms with van der Waals surface area (Å²) in [5.74, 6) is 0.708. The third-order valence-electron chi connectivity index (χ3n) is 5.45. The molecule has 0 aliphatic carbocycles. The standard InChI is InChI=1S/C21H31FN2O3/c1-21(2)15-18(10-13-27-21)24-17(5-8-20(24)25)9-11-23-12-14-26-19-6-3-16(22)4-7-19/h3-4,6-7,17-18,23H,5,8-15H2,1-2H3/t17-,18+/m0/s1. The van der Waals surface area contributed by atoms with Gasteiger partial charge in [0.2, 0.25) is 5.91 Å². The van der Waals surface area contributed by atoms with E-state index < -0.39 is 0 Å². The molecule has 2 heterocycles. The van der Waals surface area contributed by atoms with Gasteiger partial charge in [0.15, 0.2) is 0 Å². The minimum absolute atomic E-state index is 0.147. The third kappa shape index (κ3) is 5.66. The van der Waals surface area contributed by atoms with Gasteiger partial charge in [0.25, 0.3) is 0 Å². The fourth-order valence-corrected chi connectivity index (χ4v) is 4.15. The van der Waals surface area contributed by atoms with Crippen molar-refractivity contribution in [2.45, 2.75) is 63.6 Å². The first-order chi connectivity index (χ1) is 12.9. The molecule has 2 saturated heterocycles. The zero-order valence-electron chi connectivity index (χ0n) is 16.4. The molecule has 1 amide bonds. The van der Waals surface area contributed by atoms with Gasteiger partial charge in [-0.3, -0.25) is 4.79 Å². The Bertz CT molecular complexity index is 620. The van der Waals surface area contributed by atoms with Crippen molar-refractivity contribution in [3.05, 3.63) is 30.1 Å². The minimum atomic E-state index is -0.260. The normalized spacial score (nSPS) is 25.0. The molecule has 2 aliphatic rings. The number of likely N-dealkylation sites (tertiary alicyclic amines) is 1. The molecular weight excluding hydrogens is 347 g/mol. The van der Waals surface area contributed by atoms with Crippen LogP contribution in [0.25, 0.3) is 0 Å². The maximum Gasteiger partial charge on any atom is 0.223 e. The quantitative estimate of drug-likeness (QED) is 0.706. The van der Waals surface area contributed by atoms with Gasteiger partial charge in [-0.05, 0) is 70.3 Å². The lowest BCUT2D eigenvalue weighted by molar-refractivity contribution is -0.138. The molecule has 2 atom stereocenters. The lowest BCUT2D eigenvalue weighted by Gasteiger charge is -2.42. The Hall–Kier alpha value is -1.66. The van der Waals surface area contributed by atoms with Crippen LogP contribution < -0.4 is 10.1 Å². The molecule has 0 spiro atoms. The summed E-state index contributed by atoms with van der Waals surface area (Å²) >= 11 is 0. The van der Waals surface area contributed by atoms with Crippen molar-refractivity contribution in [2.24, 2.45) is 0 Å². The molecule has 6 heteroatoms. The molecule has 1 N–H and O–H groups in total. The molecule has 0 aromatic heterocycles. The van der Waals surface area contributed by atoms with Crippen molar-refractivity contribution in [3.63, 3.8) is 0 Å². The van der Waals surface area contributed by atoms with E-state index in [0.717, 1.165) is 45.4 Å². The Labute approximate surface area is 161 Å². The van der Waals surface area contributed by atoms with Gasteiger partial charge in [0.05, 0.1) is 5.60 Å². The smallest absolute Gasteiger partial charge is 0.223 e. The summed E-state index contributed by atoms with van der Waals surface area (Å²) in [5.41, 5.74) is -0.147. The Kier molecular flexibility index (Phi) is 6.71. The van der Waals surface area contributed by atoms with Crippen molar-refractivity contribution in [2.75, 3.05) is 26.3 Å². The number of carbonyl (C=O) groups excluding carboxylic acids is 1. The molecule has 0 unspecified atom stereocenters. The number of carbonyl (C=O) groups is 1. The van der Waals surface area contributed by atoms with Crippen LogP contribution in [-0.4, -0.2) is 54.8 Å². The minimum Gasteiger partial charge on any atom is -0.492 e. The maximum absolute atomic E-state index is 12.9. The second-order valence-corrected chi connectivity index (χ2v) is 8.09. The van der Waals surface area contributed by atoms with Crippen LogP contribution in [0.4, 0.5) is 4.39 Å². The van der Waals surface area contributed by atoms with E-state index in [-0.39, 0.29) is 11.4 Å². The van der Waals surface area contributed by atoms with Crippen LogP contribution in [-0.2, 0) is 9.53 Å². The van der Waals surface area contributed by atoms with E-state index in [9.17, 15) is 9.18 Å². The van der Waals surface area contributed by atoms with Crippen molar-refractivity contribution in [1.82, 2.24) is 10.2 Å². The molecule has 5 nitrogen and oxygen atoms in total. The highest BCUT2D eigenvalue weighted by Gasteiger charge is 2.40. The molecule has 0 radical (unpaired) electrons. The number of hydrogen-bond acceptors (Lipinski definition) is 4. The number of rotatable bonds is 8. The average Bonchev–Trinajstić information content (AvgIpc) is 2.99. The van der Waals surface area contributed by atoms with Gasteiger partial charge < -0.3 is 19.7 Å². The second-order valence-electron chi connectivity index (χ2n) is 8.09. The number of nitrogens with zero attached hydrogens (tertiary/aromatic N) is 1. The number of amides is 1. The molecule has 2 fully saturated rings. The van der Waals surface area contributed by atoms with Gasteiger partial charge in [0, 0.05) is 31.7 Å². The molecule has 150 valence electrons. The first-order valence-corrected chi connectivity index (χ1v) is 9.99. The second kappa shape index (κ2) is 9.02. The number of halogens is 1. The monoisotopic (exact) mass is 378 g/mol. The topological polar surface area (TPSA) is 50.8 Å². The predicted octanol–water partition coefficient (Wildman–Crippen LogP) is 3.13. The SMILES string of the molecule is CC1(C)C[C@H](N2C(=O)CC[C@H]2CCNCCOc2ccc(F)cc2)CCO1. The van der Waals surface area contributed by atoms with Crippen molar-refractivity contribution in [1.29, 1.82) is 0 Å². The zero-order chi connectivity index (χ0) is 19.3. The molecule has 2 aliphatic heterocycles. The highest BCUT2D eigenvalue weighted by molar-refractivity contribution is 5.79. The van der Waals surface area contributed by atoms with Gasteiger partial charge in [-0.25, -0.2) is 4.39 Å². The highest BCUT2D eigenvalue weighted by atomic mass is 19.1. The lowest BCUT2D eigenvalue weighted by atomic mass is 9.92. The summed E-state index contributed by atoms with van der Waals surface area (Å²) < 4.78 is 24.2. The van der Waals surface area contributed by atoms with Crippen LogP contribution in [0.15, 0.2) is 24.3 Å². The molecule has 0 saturated carbocycles. The van der Waals surface area contributed by atoms with E-state index >= 15 is 0 Å². The summed E-state index contributed by atoms with van der Waals surface area (Å²) in [4.78, 5) is 14.6. The number of ether oxygens (including phenoxy) is 2. The zero-order valence-corrected chi connectivity index (χ0v) is 16.4. The van der Waals surface area contributed by atoms with E-state index in [0.29, 0.717) is 36.8 Å². The predicted molar refractivity (Wildman–Crippen MR) is 102 cm³/mol. The molecule has 1 aromatic carbocycles. The van der Waals surface area contributed by atoms with E-state index in [1.807, 2.05) is 0 Å².